The smallest absolute Gasteiger partial charge is 0.208 e. The standard InChI is InChI=1S/C6H5F7/c1-2(6(11,12)13)3(7)4(8)5(9)10/h2,5H,1H3/b4-3+. The van der Waals surface area contributed by atoms with Crippen molar-refractivity contribution in [2.24, 2.45) is 5.92 Å². The van der Waals surface area contributed by atoms with Crippen LogP contribution in [0.3, 0.4) is 0 Å². The minimum Gasteiger partial charge on any atom is -0.208 e. The molecule has 1 unspecified atom stereocenters. The van der Waals surface area contributed by atoms with Gasteiger partial charge in [0.15, 0.2) is 5.83 Å². The summed E-state index contributed by atoms with van der Waals surface area (Å²) in [5, 5.41) is 0. The lowest BCUT2D eigenvalue weighted by Crippen LogP contribution is -2.21. The molecule has 0 aromatic rings. The van der Waals surface area contributed by atoms with E-state index in [0.29, 0.717) is 0 Å². The van der Waals surface area contributed by atoms with E-state index in [0.717, 1.165) is 0 Å². The normalized spacial score (nSPS) is 17.3. The number of rotatable bonds is 2. The summed E-state index contributed by atoms with van der Waals surface area (Å²) in [4.78, 5) is 0. The number of allylic oxidation sites excluding steroid dienone is 2. The summed E-state index contributed by atoms with van der Waals surface area (Å²) < 4.78 is 81.9. The molecule has 0 bridgehead atoms. The summed E-state index contributed by atoms with van der Waals surface area (Å²) >= 11 is 0. The van der Waals surface area contributed by atoms with E-state index in [1.807, 2.05) is 0 Å². The van der Waals surface area contributed by atoms with Crippen LogP contribution >= 0.6 is 0 Å². The molecule has 0 aliphatic carbocycles. The lowest BCUT2D eigenvalue weighted by molar-refractivity contribution is -0.164. The van der Waals surface area contributed by atoms with Gasteiger partial charge in [-0.05, 0) is 6.92 Å². The fourth-order valence-electron chi connectivity index (χ4n) is 0.455. The second-order valence-electron chi connectivity index (χ2n) is 2.26. The van der Waals surface area contributed by atoms with Gasteiger partial charge in [-0.15, -0.1) is 0 Å². The van der Waals surface area contributed by atoms with Gasteiger partial charge in [0.05, 0.1) is 0 Å². The van der Waals surface area contributed by atoms with Gasteiger partial charge in [0.2, 0.25) is 0 Å². The van der Waals surface area contributed by atoms with Crippen molar-refractivity contribution >= 4 is 0 Å². The lowest BCUT2D eigenvalue weighted by atomic mass is 10.1. The van der Waals surface area contributed by atoms with Crippen molar-refractivity contribution in [3.05, 3.63) is 11.7 Å². The van der Waals surface area contributed by atoms with E-state index in [4.69, 9.17) is 0 Å². The van der Waals surface area contributed by atoms with E-state index in [1.165, 1.54) is 0 Å². The lowest BCUT2D eigenvalue weighted by Gasteiger charge is -2.13. The predicted octanol–water partition coefficient (Wildman–Crippen LogP) is 3.60. The molecule has 0 saturated heterocycles. The summed E-state index contributed by atoms with van der Waals surface area (Å²) in [5.74, 6) is -7.98. The first kappa shape index (κ1) is 12.2. The molecule has 1 atom stereocenters. The molecular formula is C6H5F7. The Morgan fingerprint density at radius 1 is 1.00 bits per heavy atom. The Morgan fingerprint density at radius 2 is 1.38 bits per heavy atom. The predicted molar refractivity (Wildman–Crippen MR) is 30.5 cm³/mol. The fourth-order valence-corrected chi connectivity index (χ4v) is 0.455. The molecule has 13 heavy (non-hydrogen) atoms. The maximum Gasteiger partial charge on any atom is 0.397 e. The highest BCUT2D eigenvalue weighted by molar-refractivity contribution is 5.07. The van der Waals surface area contributed by atoms with Gasteiger partial charge < -0.3 is 0 Å². The van der Waals surface area contributed by atoms with E-state index >= 15 is 0 Å². The van der Waals surface area contributed by atoms with Gasteiger partial charge in [0.1, 0.15) is 11.7 Å². The van der Waals surface area contributed by atoms with Crippen molar-refractivity contribution in [1.82, 2.24) is 0 Å². The van der Waals surface area contributed by atoms with Gasteiger partial charge in [0.25, 0.3) is 6.43 Å². The Balaban J connectivity index is 4.78. The first-order chi connectivity index (χ1) is 5.68. The second kappa shape index (κ2) is 3.97. The Labute approximate surface area is 69.0 Å². The van der Waals surface area contributed by atoms with Crippen molar-refractivity contribution in [3.8, 4) is 0 Å². The highest BCUT2D eigenvalue weighted by atomic mass is 19.4. The summed E-state index contributed by atoms with van der Waals surface area (Å²) in [7, 11) is 0. The third-order valence-corrected chi connectivity index (χ3v) is 1.29. The largest absolute Gasteiger partial charge is 0.397 e. The molecule has 0 rings (SSSR count). The zero-order chi connectivity index (χ0) is 10.8. The van der Waals surface area contributed by atoms with E-state index in [9.17, 15) is 30.7 Å². The maximum absolute atomic E-state index is 12.2. The molecule has 0 N–H and O–H groups in total. The van der Waals surface area contributed by atoms with Crippen LogP contribution in [-0.4, -0.2) is 12.6 Å². The van der Waals surface area contributed by atoms with E-state index < -0.39 is 30.2 Å². The summed E-state index contributed by atoms with van der Waals surface area (Å²) in [6.45, 7) is 0.261. The van der Waals surface area contributed by atoms with E-state index in [-0.39, 0.29) is 6.92 Å². The first-order valence-corrected chi connectivity index (χ1v) is 3.07. The molecule has 0 spiro atoms. The molecule has 0 aliphatic rings. The molecule has 78 valence electrons. The van der Waals surface area contributed by atoms with Crippen LogP contribution in [0.15, 0.2) is 11.7 Å². The summed E-state index contributed by atoms with van der Waals surface area (Å²) in [6, 6.07) is 0. The van der Waals surface area contributed by atoms with Crippen molar-refractivity contribution in [2.75, 3.05) is 0 Å². The first-order valence-electron chi connectivity index (χ1n) is 3.07. The topological polar surface area (TPSA) is 0 Å². The van der Waals surface area contributed by atoms with Crippen LogP contribution < -0.4 is 0 Å². The molecule has 0 nitrogen and oxygen atoms in total. The molecule has 0 amide bonds. The van der Waals surface area contributed by atoms with Gasteiger partial charge in [-0.1, -0.05) is 0 Å². The molecule has 0 aromatic carbocycles. The third kappa shape index (κ3) is 3.23. The van der Waals surface area contributed by atoms with E-state index in [2.05, 4.69) is 0 Å². The van der Waals surface area contributed by atoms with Gasteiger partial charge in [0, 0.05) is 0 Å². The molecule has 7 heteroatoms. The number of alkyl halides is 5. The van der Waals surface area contributed by atoms with Crippen molar-refractivity contribution in [1.29, 1.82) is 0 Å². The van der Waals surface area contributed by atoms with Gasteiger partial charge in [-0.2, -0.15) is 13.2 Å². The zero-order valence-electron chi connectivity index (χ0n) is 6.30. The van der Waals surface area contributed by atoms with Crippen molar-refractivity contribution < 1.29 is 30.7 Å². The quantitative estimate of drug-likeness (QED) is 0.611. The molecular weight excluding hydrogens is 205 g/mol. The number of hydrogen-bond donors (Lipinski definition) is 0. The summed E-state index contributed by atoms with van der Waals surface area (Å²) in [6.07, 6.45) is -8.92. The Bertz CT molecular complexity index is 202. The van der Waals surface area contributed by atoms with Crippen LogP contribution in [0.1, 0.15) is 6.92 Å². The minimum atomic E-state index is -5.06. The fraction of sp³-hybridized carbons (Fsp3) is 0.667. The van der Waals surface area contributed by atoms with Crippen LogP contribution in [0, 0.1) is 5.92 Å². The third-order valence-electron chi connectivity index (χ3n) is 1.29. The highest BCUT2D eigenvalue weighted by Gasteiger charge is 2.41. The van der Waals surface area contributed by atoms with Crippen molar-refractivity contribution in [2.45, 2.75) is 19.5 Å². The van der Waals surface area contributed by atoms with Crippen molar-refractivity contribution in [3.63, 3.8) is 0 Å². The van der Waals surface area contributed by atoms with Crippen LogP contribution in [0.25, 0.3) is 0 Å². The van der Waals surface area contributed by atoms with Crippen LogP contribution in [0.4, 0.5) is 30.7 Å². The Hall–Kier alpha value is -0.750. The number of hydrogen-bond acceptors (Lipinski definition) is 0. The van der Waals surface area contributed by atoms with Gasteiger partial charge in [-0.25, -0.2) is 17.6 Å². The molecule has 0 fully saturated rings. The maximum atomic E-state index is 12.2. The molecule has 0 radical (unpaired) electrons. The highest BCUT2D eigenvalue weighted by Crippen LogP contribution is 2.35. The minimum absolute atomic E-state index is 0.261. The second-order valence-corrected chi connectivity index (χ2v) is 2.26. The summed E-state index contributed by atoms with van der Waals surface area (Å²) in [5.41, 5.74) is 0. The van der Waals surface area contributed by atoms with Crippen LogP contribution in [0.5, 0.6) is 0 Å². The number of halogens is 7. The molecule has 0 saturated carbocycles. The Kier molecular flexibility index (Phi) is 3.74. The molecule has 0 heterocycles. The zero-order valence-corrected chi connectivity index (χ0v) is 6.30. The molecule has 0 aliphatic heterocycles. The average Bonchev–Trinajstić information content (AvgIpc) is 1.98. The van der Waals surface area contributed by atoms with Gasteiger partial charge in [-0.3, -0.25) is 0 Å². The SMILES string of the molecule is CC(/C(F)=C(\F)C(F)F)C(F)(F)F. The molecule has 0 aromatic heterocycles. The van der Waals surface area contributed by atoms with Gasteiger partial charge >= 0.3 is 6.18 Å². The Morgan fingerprint density at radius 3 is 1.62 bits per heavy atom. The van der Waals surface area contributed by atoms with Crippen LogP contribution in [0.2, 0.25) is 0 Å². The van der Waals surface area contributed by atoms with E-state index in [1.54, 1.807) is 0 Å². The average molecular weight is 210 g/mol. The monoisotopic (exact) mass is 210 g/mol. The van der Waals surface area contributed by atoms with Crippen LogP contribution in [-0.2, 0) is 0 Å².